The SMILES string of the molecule is Cc1nc(-c2cc3c(=O)[nH][nH]c3cc2Cl)cc(Nc2n[nH]c3ccc(F)cc23)c1C.O=c1[nH][nH]c2cc(C(F)(F)F)c(-c3cc(Nc4n[nH]c5ccccc45)cc(-c4ccccc4)n3)cc12.O=c1[nH][nH]c2cc(Cl)c(-c3cc(Nc4cc(C5CC5)[nH]n4)c4ccccc4n3)cc12.O=c1[nH][nH]c2ccc(-c3cc(Nc4n[nH]c5c(F)cc(F)cc45)c4ccccc4n3)c(C(F)(F)F)c12. The van der Waals surface area contributed by atoms with Crippen LogP contribution < -0.4 is 43.5 Å². The standard InChI is InChI=1S/C26H17F3N6O.C24H13F5N6O.C22H17ClN6O.C21H16ClFN6O/c27-26(28,29)19-13-23-18(25(36)35-33-23)12-17(19)22-11-15(10-21(31-22)14-6-2-1-3-7-14)30-24-16-8-4-5-9-20(16)32-34-24;25-10-7-13-21(14(26)8-10)33-34-22(13)31-17-9-18(30-15-4-2-1-3-11(15)17)12-5-6-16-19(23(36)35-32-16)20(12)24(27,28)29;23-15-8-20-14(22(30)29-27-20)7-13(15)19-9-18(12-3-1-2-4-16(12)24-19)25-21-10-17(26-28-21)11-5-6-11;1-9-10(2)24-18(12-6-14-19(7-15(12)22)27-29-21(14)30)8-17(9)25-20-13-5-11(23)3-4-16(13)26-28-20/h1-13H,(H2,33,35,36)(H2,30,31,32,34);1-9H,(H2,32,35,36)(H2,30,31,33,34);1-4,7-11H,5-6H2,(H2,27,29,30)(H2,24,25,26,28);3-8H,1-2H3,(H2,27,29,30)(H2,24,25,26,28). The third-order valence-corrected chi connectivity index (χ3v) is 23.2. The van der Waals surface area contributed by atoms with E-state index in [1.807, 2.05) is 105 Å². The number of aromatic nitrogens is 20. The molecule has 23 rings (SSSR count). The second kappa shape index (κ2) is 33.1. The van der Waals surface area contributed by atoms with E-state index in [1.54, 1.807) is 60.7 Å². The van der Waals surface area contributed by atoms with Gasteiger partial charge in [0.1, 0.15) is 17.2 Å². The Morgan fingerprint density at radius 2 is 0.879 bits per heavy atom. The predicted molar refractivity (Wildman–Crippen MR) is 490 cm³/mol. The van der Waals surface area contributed by atoms with Crippen molar-refractivity contribution >= 4 is 167 Å². The van der Waals surface area contributed by atoms with Crippen molar-refractivity contribution in [2.24, 2.45) is 0 Å². The Labute approximate surface area is 742 Å². The van der Waals surface area contributed by atoms with Gasteiger partial charge in [0.2, 0.25) is 0 Å². The molecule has 16 N–H and O–H groups in total. The van der Waals surface area contributed by atoms with Crippen LogP contribution >= 0.6 is 23.2 Å². The lowest BCUT2D eigenvalue weighted by molar-refractivity contribution is -0.137. The highest BCUT2D eigenvalue weighted by Gasteiger charge is 2.39. The Morgan fingerprint density at radius 1 is 0.371 bits per heavy atom. The number of rotatable bonds is 14. The summed E-state index contributed by atoms with van der Waals surface area (Å²) in [7, 11) is 0. The fourth-order valence-corrected chi connectivity index (χ4v) is 16.3. The van der Waals surface area contributed by atoms with Gasteiger partial charge in [-0.2, -0.15) is 46.7 Å². The highest BCUT2D eigenvalue weighted by Crippen LogP contribution is 2.46. The van der Waals surface area contributed by atoms with Crippen molar-refractivity contribution in [2.45, 2.75) is 45.0 Å². The molecule has 0 amide bonds. The van der Waals surface area contributed by atoms with Crippen LogP contribution in [0.15, 0.2) is 238 Å². The summed E-state index contributed by atoms with van der Waals surface area (Å²) in [5, 5.41) is 66.2. The summed E-state index contributed by atoms with van der Waals surface area (Å²) >= 11 is 13.0. The molecule has 22 aromatic rings. The Hall–Kier alpha value is -16.8. The lowest BCUT2D eigenvalue weighted by atomic mass is 9.98. The maximum atomic E-state index is 14.2. The Bertz CT molecular complexity index is 8610. The number of benzene rings is 10. The Kier molecular flexibility index (Phi) is 20.9. The minimum absolute atomic E-state index is 0.00209. The first kappa shape index (κ1) is 83.4. The number of aromatic amines is 12. The van der Waals surface area contributed by atoms with Crippen LogP contribution in [0.4, 0.5) is 85.5 Å². The minimum atomic E-state index is -4.86. The maximum absolute atomic E-state index is 14.2. The van der Waals surface area contributed by atoms with Gasteiger partial charge in [0, 0.05) is 95.6 Å². The molecule has 1 aliphatic carbocycles. The molecule has 1 saturated carbocycles. The van der Waals surface area contributed by atoms with Gasteiger partial charge in [0.25, 0.3) is 22.2 Å². The van der Waals surface area contributed by atoms with Gasteiger partial charge < -0.3 is 21.3 Å². The second-order valence-electron chi connectivity index (χ2n) is 31.1. The highest BCUT2D eigenvalue weighted by atomic mass is 35.5. The van der Waals surface area contributed by atoms with E-state index in [0.717, 1.165) is 79.2 Å². The van der Waals surface area contributed by atoms with Gasteiger partial charge >= 0.3 is 12.4 Å². The average molecular weight is 1820 g/mol. The number of hydrogen-bond donors (Lipinski definition) is 16. The summed E-state index contributed by atoms with van der Waals surface area (Å²) in [5.74, 6) is 0.468. The van der Waals surface area contributed by atoms with Gasteiger partial charge in [-0.15, -0.1) is 0 Å². The second-order valence-corrected chi connectivity index (χ2v) is 31.9. The lowest BCUT2D eigenvalue weighted by Crippen LogP contribution is -2.13. The Balaban J connectivity index is 0.000000110. The topological polar surface area (TPSA) is 409 Å². The van der Waals surface area contributed by atoms with E-state index >= 15 is 0 Å². The zero-order chi connectivity index (χ0) is 91.3. The number of hydrogen-bond acceptors (Lipinski definition) is 16. The number of pyridine rings is 4. The molecule has 0 unspecified atom stereocenters. The first-order valence-electron chi connectivity index (χ1n) is 40.5. The van der Waals surface area contributed by atoms with Gasteiger partial charge in [0.15, 0.2) is 29.1 Å². The molecule has 656 valence electrons. The smallest absolute Gasteiger partial charge is 0.338 e. The van der Waals surface area contributed by atoms with Gasteiger partial charge in [-0.3, -0.25) is 85.3 Å². The molecule has 0 saturated heterocycles. The van der Waals surface area contributed by atoms with Crippen molar-refractivity contribution in [3.8, 4) is 56.3 Å². The van der Waals surface area contributed by atoms with Gasteiger partial charge in [-0.1, -0.05) is 108 Å². The van der Waals surface area contributed by atoms with Gasteiger partial charge in [-0.05, 0) is 154 Å². The lowest BCUT2D eigenvalue weighted by Gasteiger charge is -2.16. The third kappa shape index (κ3) is 16.1. The van der Waals surface area contributed by atoms with E-state index in [4.69, 9.17) is 28.2 Å². The van der Waals surface area contributed by atoms with Crippen LogP contribution in [0.25, 0.3) is 154 Å². The largest absolute Gasteiger partial charge is 0.417 e. The van der Waals surface area contributed by atoms with Crippen molar-refractivity contribution in [1.82, 2.24) is 102 Å². The summed E-state index contributed by atoms with van der Waals surface area (Å²) in [6.45, 7) is 3.83. The molecule has 0 atom stereocenters. The monoisotopic (exact) mass is 1820 g/mol. The average Bonchev–Trinajstić information content (AvgIpc) is 1.47. The van der Waals surface area contributed by atoms with Crippen molar-refractivity contribution in [2.75, 3.05) is 21.3 Å². The number of nitrogens with one attached hydrogen (secondary N) is 16. The number of para-hydroxylation sites is 3. The third-order valence-electron chi connectivity index (χ3n) is 22.5. The Morgan fingerprint density at radius 3 is 1.52 bits per heavy atom. The summed E-state index contributed by atoms with van der Waals surface area (Å²) in [5.41, 5.74) is 8.77. The molecule has 12 aromatic heterocycles. The number of fused-ring (bicyclic) bond motifs is 9. The quantitative estimate of drug-likeness (QED) is 0.0450. The number of anilines is 8. The molecular weight excluding hydrogens is 1760 g/mol. The van der Waals surface area contributed by atoms with Crippen LogP contribution in [-0.4, -0.2) is 102 Å². The van der Waals surface area contributed by atoms with E-state index < -0.39 is 51.6 Å². The molecule has 0 spiro atoms. The summed E-state index contributed by atoms with van der Waals surface area (Å²) in [4.78, 5) is 66.9. The maximum Gasteiger partial charge on any atom is 0.417 e. The number of halogens is 11. The van der Waals surface area contributed by atoms with Crippen LogP contribution in [0, 0.1) is 31.3 Å². The van der Waals surface area contributed by atoms with Crippen LogP contribution in [0.1, 0.15) is 46.8 Å². The zero-order valence-corrected chi connectivity index (χ0v) is 69.7. The molecule has 28 nitrogen and oxygen atoms in total. The van der Waals surface area contributed by atoms with Gasteiger partial charge in [0.05, 0.1) is 127 Å². The van der Waals surface area contributed by atoms with Crippen LogP contribution in [0.5, 0.6) is 0 Å². The zero-order valence-electron chi connectivity index (χ0n) is 68.1. The molecule has 0 radical (unpaired) electrons. The van der Waals surface area contributed by atoms with E-state index in [2.05, 4.69) is 124 Å². The summed E-state index contributed by atoms with van der Waals surface area (Å²) in [6, 6.07) is 59.6. The normalized spacial score (nSPS) is 12.3. The molecule has 39 heteroatoms. The number of aryl methyl sites for hydroxylation is 1. The van der Waals surface area contributed by atoms with Crippen molar-refractivity contribution in [1.29, 1.82) is 0 Å². The van der Waals surface area contributed by atoms with E-state index in [1.165, 1.54) is 55.3 Å². The van der Waals surface area contributed by atoms with Gasteiger partial charge in [-0.25, -0.2) is 28.1 Å². The fourth-order valence-electron chi connectivity index (χ4n) is 15.8. The van der Waals surface area contributed by atoms with E-state index in [-0.39, 0.29) is 72.6 Å². The van der Waals surface area contributed by atoms with Crippen LogP contribution in [0.3, 0.4) is 0 Å². The molecular formula is C93H63Cl2F9N24O4. The summed E-state index contributed by atoms with van der Waals surface area (Å²) < 4.78 is 127. The van der Waals surface area contributed by atoms with Crippen molar-refractivity contribution < 1.29 is 39.5 Å². The fraction of sp³-hybridized carbons (Fsp3) is 0.0753. The molecule has 0 aliphatic heterocycles. The van der Waals surface area contributed by atoms with Crippen molar-refractivity contribution in [3.05, 3.63) is 315 Å². The number of nitrogens with zero attached hydrogens (tertiary/aromatic N) is 8. The van der Waals surface area contributed by atoms with Crippen LogP contribution in [-0.2, 0) is 12.4 Å². The minimum Gasteiger partial charge on any atom is -0.338 e. The highest BCUT2D eigenvalue weighted by molar-refractivity contribution is 6.34. The molecule has 132 heavy (non-hydrogen) atoms. The summed E-state index contributed by atoms with van der Waals surface area (Å²) in [6.07, 6.45) is -7.11. The molecule has 1 fully saturated rings. The number of alkyl halides is 6. The number of H-pyrrole nitrogens is 12. The van der Waals surface area contributed by atoms with E-state index in [0.29, 0.717) is 111 Å². The van der Waals surface area contributed by atoms with Crippen molar-refractivity contribution in [3.63, 3.8) is 0 Å². The van der Waals surface area contributed by atoms with E-state index in [9.17, 15) is 58.7 Å². The predicted octanol–water partition coefficient (Wildman–Crippen LogP) is 22.2. The molecule has 10 aromatic carbocycles. The molecule has 0 bridgehead atoms. The molecule has 1 aliphatic rings. The first-order valence-corrected chi connectivity index (χ1v) is 41.2. The first-order chi connectivity index (χ1) is 63.6. The van der Waals surface area contributed by atoms with Crippen LogP contribution in [0.2, 0.25) is 10.0 Å². The molecule has 12 heterocycles.